The van der Waals surface area contributed by atoms with Crippen molar-refractivity contribution in [3.05, 3.63) is 23.8 Å². The van der Waals surface area contributed by atoms with Crippen molar-refractivity contribution in [1.29, 1.82) is 0 Å². The second-order valence-electron chi connectivity index (χ2n) is 2.41. The molecule has 0 aromatic carbocycles. The molecule has 0 aliphatic rings. The van der Waals surface area contributed by atoms with Crippen LogP contribution in [0, 0.1) is 0 Å². The van der Waals surface area contributed by atoms with E-state index in [4.69, 9.17) is 10.2 Å². The molecule has 0 rings (SSSR count). The number of allylic oxidation sites excluding steroid dienone is 2. The van der Waals surface area contributed by atoms with E-state index in [9.17, 15) is 9.59 Å². The first-order valence-electron chi connectivity index (χ1n) is 3.93. The van der Waals surface area contributed by atoms with Crippen LogP contribution in [0.5, 0.6) is 0 Å². The Labute approximate surface area is 81.3 Å². The quantitative estimate of drug-likeness (QED) is 0.374. The molecule has 0 saturated carbocycles. The van der Waals surface area contributed by atoms with Crippen LogP contribution >= 0.6 is 0 Å². The van der Waals surface area contributed by atoms with E-state index >= 15 is 0 Å². The number of aliphatic hydroxyl groups is 1. The first-order chi connectivity index (χ1) is 6.57. The van der Waals surface area contributed by atoms with E-state index < -0.39 is 11.9 Å². The van der Waals surface area contributed by atoms with Gasteiger partial charge in [-0.25, -0.2) is 9.59 Å². The van der Waals surface area contributed by atoms with Gasteiger partial charge in [-0.1, -0.05) is 12.2 Å². The average molecular weight is 200 g/mol. The lowest BCUT2D eigenvalue weighted by molar-refractivity contribution is -0.140. The topological polar surface area (TPSA) is 83.8 Å². The van der Waals surface area contributed by atoms with Crippen LogP contribution in [0.2, 0.25) is 0 Å². The van der Waals surface area contributed by atoms with Gasteiger partial charge < -0.3 is 14.9 Å². The van der Waals surface area contributed by atoms with Gasteiger partial charge in [-0.3, -0.25) is 0 Å². The Kier molecular flexibility index (Phi) is 6.06. The van der Waals surface area contributed by atoms with Crippen LogP contribution in [0.3, 0.4) is 0 Å². The lowest BCUT2D eigenvalue weighted by Crippen LogP contribution is -2.09. The SMILES string of the molecule is CC(=CC=CC(=O)O)C(=O)OCCO. The van der Waals surface area contributed by atoms with Gasteiger partial charge in [0.1, 0.15) is 6.61 Å². The van der Waals surface area contributed by atoms with Gasteiger partial charge in [0.2, 0.25) is 0 Å². The number of ether oxygens (including phenoxy) is 1. The molecule has 0 aromatic rings. The standard InChI is InChI=1S/C9H12O5/c1-7(3-2-4-8(11)12)9(13)14-6-5-10/h2-4,10H,5-6H2,1H3,(H,11,12). The molecular formula is C9H12O5. The van der Waals surface area contributed by atoms with E-state index in [1.54, 1.807) is 0 Å². The molecule has 0 radical (unpaired) electrons. The molecule has 0 unspecified atom stereocenters. The number of carbonyl (C=O) groups is 2. The summed E-state index contributed by atoms with van der Waals surface area (Å²) in [5.74, 6) is -1.66. The largest absolute Gasteiger partial charge is 0.478 e. The van der Waals surface area contributed by atoms with Gasteiger partial charge >= 0.3 is 11.9 Å². The third kappa shape index (κ3) is 5.96. The van der Waals surface area contributed by atoms with Crippen molar-refractivity contribution >= 4 is 11.9 Å². The lowest BCUT2D eigenvalue weighted by Gasteiger charge is -2.00. The summed E-state index contributed by atoms with van der Waals surface area (Å²) in [4.78, 5) is 21.1. The van der Waals surface area contributed by atoms with Crippen LogP contribution in [-0.2, 0) is 14.3 Å². The summed E-state index contributed by atoms with van der Waals surface area (Å²) >= 11 is 0. The van der Waals surface area contributed by atoms with E-state index in [0.29, 0.717) is 0 Å². The molecule has 14 heavy (non-hydrogen) atoms. The van der Waals surface area contributed by atoms with Crippen LogP contribution in [-0.4, -0.2) is 35.4 Å². The van der Waals surface area contributed by atoms with Crippen LogP contribution < -0.4 is 0 Å². The Morgan fingerprint density at radius 2 is 2.07 bits per heavy atom. The normalized spacial score (nSPS) is 11.7. The molecule has 0 aliphatic heterocycles. The lowest BCUT2D eigenvalue weighted by atomic mass is 10.3. The molecule has 5 nitrogen and oxygen atoms in total. The number of carbonyl (C=O) groups excluding carboxylic acids is 1. The van der Waals surface area contributed by atoms with E-state index in [0.717, 1.165) is 6.08 Å². The van der Waals surface area contributed by atoms with Gasteiger partial charge in [0.15, 0.2) is 0 Å². The number of rotatable bonds is 5. The Morgan fingerprint density at radius 3 is 2.57 bits per heavy atom. The fourth-order valence-corrected chi connectivity index (χ4v) is 0.595. The summed E-state index contributed by atoms with van der Waals surface area (Å²) in [5, 5.41) is 16.6. The molecule has 0 aromatic heterocycles. The predicted molar refractivity (Wildman–Crippen MR) is 48.6 cm³/mol. The smallest absolute Gasteiger partial charge is 0.333 e. The van der Waals surface area contributed by atoms with Gasteiger partial charge in [-0.2, -0.15) is 0 Å². The molecule has 2 N–H and O–H groups in total. The summed E-state index contributed by atoms with van der Waals surface area (Å²) < 4.78 is 4.57. The Balaban J connectivity index is 4.10. The summed E-state index contributed by atoms with van der Waals surface area (Å²) in [6.45, 7) is 1.20. The number of aliphatic hydroxyl groups excluding tert-OH is 1. The van der Waals surface area contributed by atoms with Crippen LogP contribution in [0.25, 0.3) is 0 Å². The number of esters is 1. The fourth-order valence-electron chi connectivity index (χ4n) is 0.595. The van der Waals surface area contributed by atoms with Crippen molar-refractivity contribution in [3.8, 4) is 0 Å². The minimum atomic E-state index is -1.09. The average Bonchev–Trinajstić information content (AvgIpc) is 2.13. The number of hydrogen-bond acceptors (Lipinski definition) is 4. The summed E-state index contributed by atoms with van der Waals surface area (Å²) in [6, 6.07) is 0. The highest BCUT2D eigenvalue weighted by Crippen LogP contribution is 1.96. The molecule has 5 heteroatoms. The van der Waals surface area contributed by atoms with Gasteiger partial charge in [0.05, 0.1) is 6.61 Å². The Bertz CT molecular complexity index is 264. The molecule has 78 valence electrons. The summed E-state index contributed by atoms with van der Waals surface area (Å²) in [7, 11) is 0. The van der Waals surface area contributed by atoms with Crippen molar-refractivity contribution in [2.75, 3.05) is 13.2 Å². The van der Waals surface area contributed by atoms with Crippen molar-refractivity contribution < 1.29 is 24.5 Å². The molecule has 0 spiro atoms. The highest BCUT2D eigenvalue weighted by molar-refractivity contribution is 5.88. The van der Waals surface area contributed by atoms with E-state index in [-0.39, 0.29) is 18.8 Å². The van der Waals surface area contributed by atoms with Gasteiger partial charge in [-0.05, 0) is 6.92 Å². The van der Waals surface area contributed by atoms with Crippen LogP contribution in [0.4, 0.5) is 0 Å². The highest BCUT2D eigenvalue weighted by Gasteiger charge is 2.02. The molecule has 0 aliphatic carbocycles. The molecule has 0 amide bonds. The zero-order chi connectivity index (χ0) is 11.0. The predicted octanol–water partition coefficient (Wildman–Crippen LogP) is 0.109. The van der Waals surface area contributed by atoms with Crippen LogP contribution in [0.1, 0.15) is 6.92 Å². The minimum absolute atomic E-state index is 0.0628. The van der Waals surface area contributed by atoms with Gasteiger partial charge in [-0.15, -0.1) is 0 Å². The number of carboxylic acid groups (broad SMARTS) is 1. The van der Waals surface area contributed by atoms with Crippen molar-refractivity contribution in [2.45, 2.75) is 6.92 Å². The number of hydrogen-bond donors (Lipinski definition) is 2. The third-order valence-electron chi connectivity index (χ3n) is 1.23. The molecule has 0 saturated heterocycles. The molecule has 0 fully saturated rings. The van der Waals surface area contributed by atoms with E-state index in [1.807, 2.05) is 0 Å². The first kappa shape index (κ1) is 12.4. The van der Waals surface area contributed by atoms with E-state index in [1.165, 1.54) is 19.1 Å². The third-order valence-corrected chi connectivity index (χ3v) is 1.23. The maximum Gasteiger partial charge on any atom is 0.333 e. The number of carboxylic acids is 1. The molecule has 0 heterocycles. The zero-order valence-electron chi connectivity index (χ0n) is 7.77. The Morgan fingerprint density at radius 1 is 1.43 bits per heavy atom. The van der Waals surface area contributed by atoms with Crippen molar-refractivity contribution in [1.82, 2.24) is 0 Å². The second-order valence-corrected chi connectivity index (χ2v) is 2.41. The van der Waals surface area contributed by atoms with Crippen molar-refractivity contribution in [2.24, 2.45) is 0 Å². The highest BCUT2D eigenvalue weighted by atomic mass is 16.5. The van der Waals surface area contributed by atoms with E-state index in [2.05, 4.69) is 4.74 Å². The molecular weight excluding hydrogens is 188 g/mol. The monoisotopic (exact) mass is 200 g/mol. The Hall–Kier alpha value is -1.62. The summed E-state index contributed by atoms with van der Waals surface area (Å²) in [5.41, 5.74) is 0.274. The maximum absolute atomic E-state index is 11.0. The molecule has 0 atom stereocenters. The first-order valence-corrected chi connectivity index (χ1v) is 3.93. The van der Waals surface area contributed by atoms with Gasteiger partial charge in [0, 0.05) is 11.6 Å². The van der Waals surface area contributed by atoms with Crippen molar-refractivity contribution in [3.63, 3.8) is 0 Å². The fraction of sp³-hybridized carbons (Fsp3) is 0.333. The summed E-state index contributed by atoms with van der Waals surface area (Å²) in [6.07, 6.45) is 3.47. The minimum Gasteiger partial charge on any atom is -0.478 e. The number of aliphatic carboxylic acids is 1. The van der Waals surface area contributed by atoms with Gasteiger partial charge in [0.25, 0.3) is 0 Å². The zero-order valence-corrected chi connectivity index (χ0v) is 7.77. The second kappa shape index (κ2) is 6.85. The maximum atomic E-state index is 11.0. The van der Waals surface area contributed by atoms with Crippen LogP contribution in [0.15, 0.2) is 23.8 Å². The molecule has 0 bridgehead atoms.